The van der Waals surface area contributed by atoms with E-state index in [4.69, 9.17) is 0 Å². The van der Waals surface area contributed by atoms with E-state index >= 15 is 0 Å². The second-order valence-electron chi connectivity index (χ2n) is 5.34. The molecule has 2 saturated heterocycles. The molecule has 2 aliphatic rings. The van der Waals surface area contributed by atoms with Crippen LogP contribution in [0, 0.1) is 5.95 Å². The maximum absolute atomic E-state index is 13.2. The number of piperazine rings is 1. The van der Waals surface area contributed by atoms with Gasteiger partial charge in [0.05, 0.1) is 0 Å². The molecule has 0 aromatic carbocycles. The molecule has 3 heterocycles. The predicted octanol–water partition coefficient (Wildman–Crippen LogP) is 1.68. The van der Waals surface area contributed by atoms with Gasteiger partial charge in [-0.05, 0) is 26.3 Å². The van der Waals surface area contributed by atoms with Crippen LogP contribution in [0.1, 0.15) is 26.2 Å². The van der Waals surface area contributed by atoms with Gasteiger partial charge in [0.2, 0.25) is 5.95 Å². The van der Waals surface area contributed by atoms with Gasteiger partial charge in [0, 0.05) is 31.2 Å². The number of halogens is 1. The van der Waals surface area contributed by atoms with E-state index in [1.165, 1.54) is 38.2 Å². The lowest BCUT2D eigenvalue weighted by atomic mass is 9.97. The minimum Gasteiger partial charge on any atom is -0.351 e. The summed E-state index contributed by atoms with van der Waals surface area (Å²) in [6.07, 6.45) is 5.17. The van der Waals surface area contributed by atoms with Crippen molar-refractivity contribution in [1.82, 2.24) is 14.9 Å². The summed E-state index contributed by atoms with van der Waals surface area (Å²) in [6, 6.07) is 2.43. The zero-order valence-electron chi connectivity index (χ0n) is 10.7. The lowest BCUT2D eigenvalue weighted by Crippen LogP contribution is -2.59. The molecule has 2 unspecified atom stereocenters. The number of aromatic nitrogens is 2. The van der Waals surface area contributed by atoms with Crippen LogP contribution in [-0.4, -0.2) is 46.6 Å². The molecule has 4 nitrogen and oxygen atoms in total. The van der Waals surface area contributed by atoms with Crippen LogP contribution in [0.5, 0.6) is 0 Å². The van der Waals surface area contributed by atoms with Crippen molar-refractivity contribution in [2.24, 2.45) is 0 Å². The molecular weight excluding hydrogens is 231 g/mol. The quantitative estimate of drug-likeness (QED) is 0.710. The molecule has 0 bridgehead atoms. The van der Waals surface area contributed by atoms with Crippen LogP contribution in [0.25, 0.3) is 0 Å². The third-order valence-electron chi connectivity index (χ3n) is 4.10. The number of hydrogen-bond donors (Lipinski definition) is 0. The first-order chi connectivity index (χ1) is 8.74. The second kappa shape index (κ2) is 4.80. The number of nitrogens with zero attached hydrogens (tertiary/aromatic N) is 4. The van der Waals surface area contributed by atoms with Crippen molar-refractivity contribution < 1.29 is 4.39 Å². The van der Waals surface area contributed by atoms with Gasteiger partial charge in [-0.15, -0.1) is 0 Å². The summed E-state index contributed by atoms with van der Waals surface area (Å²) < 4.78 is 13.2. The van der Waals surface area contributed by atoms with Crippen molar-refractivity contribution in [3.05, 3.63) is 18.3 Å². The number of rotatable bonds is 1. The average Bonchev–Trinajstić information content (AvgIpc) is 2.38. The highest BCUT2D eigenvalue weighted by Gasteiger charge is 2.33. The fourth-order valence-electron chi connectivity index (χ4n) is 3.15. The van der Waals surface area contributed by atoms with Gasteiger partial charge in [0.15, 0.2) is 0 Å². The summed E-state index contributed by atoms with van der Waals surface area (Å²) in [6.45, 7) is 5.40. The Bertz CT molecular complexity index is 425. The molecule has 0 N–H and O–H groups in total. The zero-order chi connectivity index (χ0) is 12.5. The summed E-state index contributed by atoms with van der Waals surface area (Å²) in [5.74, 6) is 0.276. The summed E-state index contributed by atoms with van der Waals surface area (Å²) >= 11 is 0. The third kappa shape index (κ3) is 2.19. The standard InChI is InChI=1S/C13H19FN4/c1-10-7-17-5-3-2-4-11(17)8-18(10)13-6-12(14)15-9-16-13/h6,9-11H,2-5,7-8H2,1H3. The fourth-order valence-corrected chi connectivity index (χ4v) is 3.15. The maximum atomic E-state index is 13.2. The highest BCUT2D eigenvalue weighted by molar-refractivity contribution is 5.39. The molecule has 98 valence electrons. The van der Waals surface area contributed by atoms with Crippen molar-refractivity contribution >= 4 is 5.82 Å². The van der Waals surface area contributed by atoms with Crippen LogP contribution in [0.2, 0.25) is 0 Å². The van der Waals surface area contributed by atoms with E-state index in [-0.39, 0.29) is 0 Å². The molecule has 1 aromatic heterocycles. The molecule has 0 amide bonds. The van der Waals surface area contributed by atoms with Crippen LogP contribution < -0.4 is 4.90 Å². The van der Waals surface area contributed by atoms with E-state index in [0.29, 0.717) is 12.1 Å². The van der Waals surface area contributed by atoms with E-state index in [9.17, 15) is 4.39 Å². The lowest BCUT2D eigenvalue weighted by molar-refractivity contribution is 0.115. The SMILES string of the molecule is CC1CN2CCCCC2CN1c1cc(F)ncn1. The van der Waals surface area contributed by atoms with Gasteiger partial charge in [0.1, 0.15) is 12.1 Å². The Kier molecular flexibility index (Phi) is 3.16. The van der Waals surface area contributed by atoms with E-state index in [2.05, 4.69) is 26.7 Å². The van der Waals surface area contributed by atoms with Crippen LogP contribution in [0.15, 0.2) is 12.4 Å². The van der Waals surface area contributed by atoms with Gasteiger partial charge in [-0.1, -0.05) is 6.42 Å². The first-order valence-electron chi connectivity index (χ1n) is 6.72. The normalized spacial score (nSPS) is 29.1. The van der Waals surface area contributed by atoms with Crippen LogP contribution in [0.4, 0.5) is 10.2 Å². The number of fused-ring (bicyclic) bond motifs is 1. The Morgan fingerprint density at radius 2 is 2.17 bits per heavy atom. The smallest absolute Gasteiger partial charge is 0.218 e. The largest absolute Gasteiger partial charge is 0.351 e. The van der Waals surface area contributed by atoms with E-state index < -0.39 is 5.95 Å². The Hall–Kier alpha value is -1.23. The molecule has 3 rings (SSSR count). The molecule has 2 fully saturated rings. The van der Waals surface area contributed by atoms with Gasteiger partial charge in [0.25, 0.3) is 0 Å². The van der Waals surface area contributed by atoms with Gasteiger partial charge < -0.3 is 4.90 Å². The Labute approximate surface area is 107 Å². The van der Waals surface area contributed by atoms with Crippen molar-refractivity contribution in [2.45, 2.75) is 38.3 Å². The molecule has 1 aromatic rings. The minimum absolute atomic E-state index is 0.383. The molecule has 18 heavy (non-hydrogen) atoms. The highest BCUT2D eigenvalue weighted by atomic mass is 19.1. The summed E-state index contributed by atoms with van der Waals surface area (Å²) in [7, 11) is 0. The summed E-state index contributed by atoms with van der Waals surface area (Å²) in [4.78, 5) is 12.5. The van der Waals surface area contributed by atoms with Crippen molar-refractivity contribution in [3.63, 3.8) is 0 Å². The topological polar surface area (TPSA) is 32.3 Å². The Morgan fingerprint density at radius 3 is 3.00 bits per heavy atom. The first-order valence-corrected chi connectivity index (χ1v) is 6.72. The molecule has 5 heteroatoms. The van der Waals surface area contributed by atoms with E-state index in [1.807, 2.05) is 0 Å². The van der Waals surface area contributed by atoms with Crippen LogP contribution in [-0.2, 0) is 0 Å². The maximum Gasteiger partial charge on any atom is 0.218 e. The number of piperidine rings is 1. The van der Waals surface area contributed by atoms with Gasteiger partial charge in [-0.25, -0.2) is 9.97 Å². The van der Waals surface area contributed by atoms with Gasteiger partial charge in [-0.2, -0.15) is 4.39 Å². The summed E-state index contributed by atoms with van der Waals surface area (Å²) in [5, 5.41) is 0. The van der Waals surface area contributed by atoms with E-state index in [0.717, 1.165) is 18.9 Å². The Balaban J connectivity index is 1.80. The molecule has 0 radical (unpaired) electrons. The average molecular weight is 250 g/mol. The van der Waals surface area contributed by atoms with E-state index in [1.54, 1.807) is 0 Å². The van der Waals surface area contributed by atoms with Gasteiger partial charge in [-0.3, -0.25) is 4.90 Å². The lowest BCUT2D eigenvalue weighted by Gasteiger charge is -2.47. The van der Waals surface area contributed by atoms with Crippen LogP contribution in [0.3, 0.4) is 0 Å². The molecule has 0 spiro atoms. The molecule has 2 aliphatic heterocycles. The predicted molar refractivity (Wildman–Crippen MR) is 68.0 cm³/mol. The molecule has 0 aliphatic carbocycles. The monoisotopic (exact) mass is 250 g/mol. The first kappa shape index (κ1) is 11.8. The van der Waals surface area contributed by atoms with Crippen molar-refractivity contribution in [2.75, 3.05) is 24.5 Å². The zero-order valence-corrected chi connectivity index (χ0v) is 10.7. The highest BCUT2D eigenvalue weighted by Crippen LogP contribution is 2.26. The molecule has 2 atom stereocenters. The number of anilines is 1. The van der Waals surface area contributed by atoms with Crippen molar-refractivity contribution in [1.29, 1.82) is 0 Å². The second-order valence-corrected chi connectivity index (χ2v) is 5.34. The minimum atomic E-state index is -0.446. The number of hydrogen-bond acceptors (Lipinski definition) is 4. The molecule has 0 saturated carbocycles. The van der Waals surface area contributed by atoms with Crippen molar-refractivity contribution in [3.8, 4) is 0 Å². The van der Waals surface area contributed by atoms with Crippen LogP contribution >= 0.6 is 0 Å². The molecular formula is C13H19FN4. The Morgan fingerprint density at radius 1 is 1.28 bits per heavy atom. The third-order valence-corrected chi connectivity index (χ3v) is 4.10. The van der Waals surface area contributed by atoms with Gasteiger partial charge >= 0.3 is 0 Å². The fraction of sp³-hybridized carbons (Fsp3) is 0.692. The summed E-state index contributed by atoms with van der Waals surface area (Å²) in [5.41, 5.74) is 0.